The smallest absolute Gasteiger partial charge is 0.306 e. The molecule has 5 nitrogen and oxygen atoms in total. The molecule has 0 amide bonds. The summed E-state index contributed by atoms with van der Waals surface area (Å²) in [6.45, 7) is 4.07. The molecule has 0 aromatic rings. The second-order valence-electron chi connectivity index (χ2n) is 19.0. The zero-order valence-corrected chi connectivity index (χ0v) is 42.8. The molecule has 0 aliphatic heterocycles. The highest BCUT2D eigenvalue weighted by molar-refractivity contribution is 5.70. The molecule has 5 heteroatoms. The van der Waals surface area contributed by atoms with Gasteiger partial charge in [0.25, 0.3) is 0 Å². The quantitative estimate of drug-likeness (QED) is 0.0374. The lowest BCUT2D eigenvalue weighted by molar-refractivity contribution is -0.161. The summed E-state index contributed by atoms with van der Waals surface area (Å²) in [5, 5.41) is 9.65. The Morgan fingerprint density at radius 2 is 0.672 bits per heavy atom. The summed E-state index contributed by atoms with van der Waals surface area (Å²) >= 11 is 0. The van der Waals surface area contributed by atoms with Gasteiger partial charge in [-0.15, -0.1) is 0 Å². The normalized spacial score (nSPS) is 12.5. The first-order valence-corrected chi connectivity index (χ1v) is 28.2. The molecule has 0 aliphatic rings. The van der Waals surface area contributed by atoms with Crippen molar-refractivity contribution in [3.63, 3.8) is 0 Å². The first-order valence-electron chi connectivity index (χ1n) is 28.2. The Morgan fingerprint density at radius 1 is 0.375 bits per heavy atom. The predicted octanol–water partition coefficient (Wildman–Crippen LogP) is 18.9. The van der Waals surface area contributed by atoms with Gasteiger partial charge in [0.2, 0.25) is 0 Å². The maximum Gasteiger partial charge on any atom is 0.306 e. The van der Waals surface area contributed by atoms with E-state index in [0.29, 0.717) is 12.8 Å². The summed E-state index contributed by atoms with van der Waals surface area (Å²) in [5.41, 5.74) is 0. The Bertz CT molecular complexity index is 1060. The second kappa shape index (κ2) is 55.2. The maximum absolute atomic E-state index is 12.3. The first kappa shape index (κ1) is 61.9. The second-order valence-corrected chi connectivity index (χ2v) is 19.0. The Labute approximate surface area is 398 Å². The van der Waals surface area contributed by atoms with Crippen LogP contribution in [0.25, 0.3) is 0 Å². The molecule has 1 atom stereocenters. The summed E-state index contributed by atoms with van der Waals surface area (Å²) in [6.07, 6.45) is 72.3. The number of carbonyl (C=O) groups is 2. The lowest BCUT2D eigenvalue weighted by Gasteiger charge is -2.15. The monoisotopic (exact) mass is 897 g/mol. The van der Waals surface area contributed by atoms with Gasteiger partial charge in [0.05, 0.1) is 6.61 Å². The van der Waals surface area contributed by atoms with Gasteiger partial charge in [-0.3, -0.25) is 9.59 Å². The number of carbonyl (C=O) groups excluding carboxylic acids is 2. The molecule has 1 unspecified atom stereocenters. The van der Waals surface area contributed by atoms with Crippen molar-refractivity contribution < 1.29 is 24.2 Å². The SMILES string of the molecule is CC/C=C\C/C=C\C/C=C\C/C=C\CCCCCCCCCCCCCCCCCCC(=O)OC(CO)COC(=O)CCCCCCCCCCCCCCCCCCCCCCC. The van der Waals surface area contributed by atoms with Gasteiger partial charge in [-0.05, 0) is 51.4 Å². The molecule has 0 saturated carbocycles. The Kier molecular flexibility index (Phi) is 53.3. The Balaban J connectivity index is 3.44. The van der Waals surface area contributed by atoms with E-state index < -0.39 is 6.10 Å². The van der Waals surface area contributed by atoms with Gasteiger partial charge in [-0.25, -0.2) is 0 Å². The Morgan fingerprint density at radius 3 is 1.02 bits per heavy atom. The van der Waals surface area contributed by atoms with E-state index >= 15 is 0 Å². The lowest BCUT2D eigenvalue weighted by Crippen LogP contribution is -2.28. The average molecular weight is 898 g/mol. The molecule has 1 N–H and O–H groups in total. The minimum Gasteiger partial charge on any atom is -0.462 e. The van der Waals surface area contributed by atoms with Crippen LogP contribution in [0.5, 0.6) is 0 Å². The summed E-state index contributed by atoms with van der Waals surface area (Å²) in [4.78, 5) is 24.5. The van der Waals surface area contributed by atoms with Gasteiger partial charge in [0.15, 0.2) is 6.10 Å². The highest BCUT2D eigenvalue weighted by atomic mass is 16.6. The molecule has 0 aliphatic carbocycles. The van der Waals surface area contributed by atoms with Crippen LogP contribution in [0.4, 0.5) is 0 Å². The fraction of sp³-hybridized carbons (Fsp3) is 0.831. The molecule has 0 aromatic heterocycles. The number of unbranched alkanes of at least 4 members (excludes halogenated alkanes) is 36. The summed E-state index contributed by atoms with van der Waals surface area (Å²) < 4.78 is 10.7. The van der Waals surface area contributed by atoms with Crippen LogP contribution in [0.3, 0.4) is 0 Å². The number of aliphatic hydroxyl groups is 1. The van der Waals surface area contributed by atoms with Crippen LogP contribution in [0.1, 0.15) is 296 Å². The van der Waals surface area contributed by atoms with E-state index in [1.165, 1.54) is 212 Å². The third-order valence-electron chi connectivity index (χ3n) is 12.6. The molecule has 0 spiro atoms. The Hall–Kier alpha value is -2.14. The minimum atomic E-state index is -0.770. The van der Waals surface area contributed by atoms with Gasteiger partial charge >= 0.3 is 11.9 Å². The number of hydrogen-bond acceptors (Lipinski definition) is 5. The van der Waals surface area contributed by atoms with E-state index in [9.17, 15) is 14.7 Å². The zero-order valence-electron chi connectivity index (χ0n) is 42.8. The molecule has 0 bridgehead atoms. The van der Waals surface area contributed by atoms with Crippen molar-refractivity contribution in [2.45, 2.75) is 302 Å². The molecule has 0 aromatic carbocycles. The van der Waals surface area contributed by atoms with E-state index in [0.717, 1.165) is 57.8 Å². The average Bonchev–Trinajstić information content (AvgIpc) is 3.30. The largest absolute Gasteiger partial charge is 0.462 e. The number of rotatable bonds is 52. The van der Waals surface area contributed by atoms with Crippen molar-refractivity contribution >= 4 is 11.9 Å². The molecule has 374 valence electrons. The fourth-order valence-corrected chi connectivity index (χ4v) is 8.43. The molecular weight excluding hydrogens is 789 g/mol. The van der Waals surface area contributed by atoms with Crippen molar-refractivity contribution in [3.8, 4) is 0 Å². The van der Waals surface area contributed by atoms with Crippen LogP contribution in [-0.2, 0) is 19.1 Å². The molecule has 64 heavy (non-hydrogen) atoms. The van der Waals surface area contributed by atoms with Gasteiger partial charge in [-0.2, -0.15) is 0 Å². The number of ether oxygens (including phenoxy) is 2. The van der Waals surface area contributed by atoms with Crippen LogP contribution in [0.2, 0.25) is 0 Å². The lowest BCUT2D eigenvalue weighted by atomic mass is 10.0. The number of allylic oxidation sites excluding steroid dienone is 8. The van der Waals surface area contributed by atoms with Gasteiger partial charge in [0.1, 0.15) is 6.61 Å². The summed E-state index contributed by atoms with van der Waals surface area (Å²) in [7, 11) is 0. The third-order valence-corrected chi connectivity index (χ3v) is 12.6. The maximum atomic E-state index is 12.3. The fourth-order valence-electron chi connectivity index (χ4n) is 8.43. The van der Waals surface area contributed by atoms with Crippen LogP contribution in [0.15, 0.2) is 48.6 Å². The number of esters is 2. The van der Waals surface area contributed by atoms with Crippen LogP contribution in [-0.4, -0.2) is 36.4 Å². The highest BCUT2D eigenvalue weighted by Crippen LogP contribution is 2.17. The van der Waals surface area contributed by atoms with Crippen LogP contribution in [0, 0.1) is 0 Å². The number of hydrogen-bond donors (Lipinski definition) is 1. The molecule has 0 fully saturated rings. The van der Waals surface area contributed by atoms with E-state index in [4.69, 9.17) is 9.47 Å². The van der Waals surface area contributed by atoms with Crippen molar-refractivity contribution in [1.29, 1.82) is 0 Å². The molecule has 0 heterocycles. The van der Waals surface area contributed by atoms with Crippen molar-refractivity contribution in [3.05, 3.63) is 48.6 Å². The predicted molar refractivity (Wildman–Crippen MR) is 279 cm³/mol. The third kappa shape index (κ3) is 52.5. The zero-order chi connectivity index (χ0) is 46.3. The summed E-state index contributed by atoms with van der Waals surface area (Å²) in [5.74, 6) is -0.574. The molecule has 0 saturated heterocycles. The van der Waals surface area contributed by atoms with E-state index in [1.54, 1.807) is 0 Å². The van der Waals surface area contributed by atoms with Crippen molar-refractivity contribution in [2.24, 2.45) is 0 Å². The number of aliphatic hydroxyl groups excluding tert-OH is 1. The van der Waals surface area contributed by atoms with E-state index in [1.807, 2.05) is 0 Å². The van der Waals surface area contributed by atoms with Gasteiger partial charge in [0, 0.05) is 12.8 Å². The van der Waals surface area contributed by atoms with E-state index in [-0.39, 0.29) is 25.2 Å². The van der Waals surface area contributed by atoms with Crippen LogP contribution < -0.4 is 0 Å². The summed E-state index contributed by atoms with van der Waals surface area (Å²) in [6, 6.07) is 0. The molecule has 0 rings (SSSR count). The first-order chi connectivity index (χ1) is 31.6. The van der Waals surface area contributed by atoms with Gasteiger partial charge in [-0.1, -0.05) is 281 Å². The molecular formula is C59H108O5. The molecule has 0 radical (unpaired) electrons. The highest BCUT2D eigenvalue weighted by Gasteiger charge is 2.16. The topological polar surface area (TPSA) is 72.8 Å². The van der Waals surface area contributed by atoms with Crippen molar-refractivity contribution in [1.82, 2.24) is 0 Å². The standard InChI is InChI=1S/C59H108O5/c1-3-5-7-9-11-13-15-17-19-21-23-25-26-27-28-29-30-31-32-34-36-38-40-42-44-46-48-50-52-54-59(62)64-57(55-60)56-63-58(61)53-51-49-47-45-43-41-39-37-35-33-24-22-20-18-16-14-12-10-8-6-4-2/h5,7,11,13,17,19,23,25,57,60H,3-4,6,8-10,12,14-16,18,20-22,24,26-56H2,1-2H3/b7-5-,13-11-,19-17-,25-23-. The van der Waals surface area contributed by atoms with Crippen molar-refractivity contribution in [2.75, 3.05) is 13.2 Å². The van der Waals surface area contributed by atoms with E-state index in [2.05, 4.69) is 62.5 Å². The minimum absolute atomic E-state index is 0.0610. The van der Waals surface area contributed by atoms with Gasteiger partial charge < -0.3 is 14.6 Å². The van der Waals surface area contributed by atoms with Crippen LogP contribution >= 0.6 is 0 Å².